The lowest BCUT2D eigenvalue weighted by Gasteiger charge is -2.06. The summed E-state index contributed by atoms with van der Waals surface area (Å²) in [5.41, 5.74) is 0. The van der Waals surface area contributed by atoms with Crippen LogP contribution >= 0.6 is 8.18 Å². The minimum atomic E-state index is -1.66. The molecule has 0 aliphatic heterocycles. The maximum atomic E-state index is 11.5. The van der Waals surface area contributed by atoms with Crippen LogP contribution in [-0.4, -0.2) is 38.7 Å². The molecule has 0 rings (SSSR count). The predicted octanol–water partition coefficient (Wildman–Crippen LogP) is 11.3. The highest BCUT2D eigenvalue weighted by molar-refractivity contribution is 7.36. The second-order valence-electron chi connectivity index (χ2n) is 8.46. The van der Waals surface area contributed by atoms with Gasteiger partial charge in [-0.1, -0.05) is 152 Å². The Morgan fingerprint density at radius 3 is 1.35 bits per heavy atom. The van der Waals surface area contributed by atoms with Crippen LogP contribution < -0.4 is 5.09 Å². The molecular formula is C29H74N2O2P+. The number of hydrogen-bond donors (Lipinski definition) is 1. The SMILES string of the molecule is CC.CCC.CCC.CCC.CCC.CCCCCCCCCCO[P+](=O)NCCCN(C)C.[HH]. The normalized spacial score (nSPS) is 9.41. The number of nitrogens with one attached hydrogen (secondary N) is 1. The van der Waals surface area contributed by atoms with E-state index in [0.29, 0.717) is 6.61 Å². The van der Waals surface area contributed by atoms with Gasteiger partial charge in [0.2, 0.25) is 0 Å². The van der Waals surface area contributed by atoms with Crippen molar-refractivity contribution in [3.05, 3.63) is 0 Å². The van der Waals surface area contributed by atoms with E-state index in [1.54, 1.807) is 0 Å². The van der Waals surface area contributed by atoms with E-state index in [-0.39, 0.29) is 1.43 Å². The number of unbranched alkanes of at least 4 members (excludes halogenated alkanes) is 7. The molecular weight excluding hydrogens is 439 g/mol. The lowest BCUT2D eigenvalue weighted by Crippen LogP contribution is -2.17. The predicted molar refractivity (Wildman–Crippen MR) is 165 cm³/mol. The van der Waals surface area contributed by atoms with Gasteiger partial charge in [0.25, 0.3) is 0 Å². The quantitative estimate of drug-likeness (QED) is 0.175. The van der Waals surface area contributed by atoms with Crippen LogP contribution in [0.5, 0.6) is 0 Å². The Kier molecular flexibility index (Phi) is 81.4. The van der Waals surface area contributed by atoms with Crippen molar-refractivity contribution in [1.29, 1.82) is 0 Å². The van der Waals surface area contributed by atoms with Crippen molar-refractivity contribution in [1.82, 2.24) is 9.99 Å². The molecule has 0 aliphatic carbocycles. The molecule has 0 aliphatic rings. The van der Waals surface area contributed by atoms with Crippen LogP contribution in [0.25, 0.3) is 0 Å². The van der Waals surface area contributed by atoms with Crippen LogP contribution in [0.3, 0.4) is 0 Å². The van der Waals surface area contributed by atoms with Gasteiger partial charge in [0.15, 0.2) is 0 Å². The summed E-state index contributed by atoms with van der Waals surface area (Å²) in [5.74, 6) is 0. The van der Waals surface area contributed by atoms with E-state index in [1.807, 2.05) is 27.9 Å². The molecule has 1 N–H and O–H groups in total. The second kappa shape index (κ2) is 58.7. The first kappa shape index (κ1) is 47.2. The average molecular weight is 514 g/mol. The molecule has 216 valence electrons. The van der Waals surface area contributed by atoms with Crippen molar-refractivity contribution < 1.29 is 10.5 Å². The monoisotopic (exact) mass is 514 g/mol. The maximum Gasteiger partial charge on any atom is 0.612 e. The molecule has 1 unspecified atom stereocenters. The number of rotatable bonds is 15. The van der Waals surface area contributed by atoms with Gasteiger partial charge < -0.3 is 4.90 Å². The van der Waals surface area contributed by atoms with Gasteiger partial charge in [0.05, 0.1) is 0 Å². The molecule has 0 aromatic carbocycles. The van der Waals surface area contributed by atoms with Gasteiger partial charge in [0.1, 0.15) is 6.61 Å². The van der Waals surface area contributed by atoms with Crippen molar-refractivity contribution in [3.8, 4) is 0 Å². The van der Waals surface area contributed by atoms with Gasteiger partial charge in [-0.25, -0.2) is 0 Å². The fourth-order valence-corrected chi connectivity index (χ4v) is 2.72. The van der Waals surface area contributed by atoms with E-state index >= 15 is 0 Å². The summed E-state index contributed by atoms with van der Waals surface area (Å²) in [6.45, 7) is 25.6. The van der Waals surface area contributed by atoms with Crippen LogP contribution in [0, 0.1) is 0 Å². The van der Waals surface area contributed by atoms with E-state index in [2.05, 4.69) is 72.3 Å². The molecule has 0 heterocycles. The topological polar surface area (TPSA) is 41.6 Å². The molecule has 0 spiro atoms. The molecule has 0 fully saturated rings. The zero-order chi connectivity index (χ0) is 27.9. The maximum absolute atomic E-state index is 11.5. The lowest BCUT2D eigenvalue weighted by atomic mass is 10.1. The van der Waals surface area contributed by atoms with E-state index in [1.165, 1.54) is 70.6 Å². The van der Waals surface area contributed by atoms with Crippen molar-refractivity contribution in [2.24, 2.45) is 0 Å². The van der Waals surface area contributed by atoms with Gasteiger partial charge in [0, 0.05) is 7.97 Å². The molecule has 0 saturated heterocycles. The summed E-state index contributed by atoms with van der Waals surface area (Å²) in [4.78, 5) is 2.12. The third-order valence-electron chi connectivity index (χ3n) is 3.23. The minimum absolute atomic E-state index is 0. The Hall–Kier alpha value is -0.0200. The summed E-state index contributed by atoms with van der Waals surface area (Å²) in [7, 11) is 2.42. The van der Waals surface area contributed by atoms with E-state index in [4.69, 9.17) is 4.52 Å². The highest BCUT2D eigenvalue weighted by Crippen LogP contribution is 2.17. The van der Waals surface area contributed by atoms with Crippen LogP contribution in [0.4, 0.5) is 0 Å². The first-order chi connectivity index (χ1) is 16.3. The molecule has 4 nitrogen and oxygen atoms in total. The number of nitrogens with zero attached hydrogens (tertiary/aromatic N) is 1. The first-order valence-corrected chi connectivity index (χ1v) is 16.0. The van der Waals surface area contributed by atoms with Crippen LogP contribution in [0.15, 0.2) is 0 Å². The number of hydrogen-bond acceptors (Lipinski definition) is 3. The molecule has 0 saturated carbocycles. The Balaban J connectivity index is -0.0000000866. The zero-order valence-corrected chi connectivity index (χ0v) is 27.4. The first-order valence-electron chi connectivity index (χ1n) is 14.8. The van der Waals surface area contributed by atoms with E-state index in [0.717, 1.165) is 25.9 Å². The third kappa shape index (κ3) is 94.9. The smallest absolute Gasteiger partial charge is 0.309 e. The van der Waals surface area contributed by atoms with E-state index < -0.39 is 8.18 Å². The van der Waals surface area contributed by atoms with E-state index in [9.17, 15) is 4.57 Å². The standard InChI is InChI=1S/C15H34N2O2P.4C3H8.C2H6.H2/c1-4-5-6-7-8-9-10-11-15-19-20(18)16-13-12-14-17(2)3;4*1-3-2;1-2;/h4-15H2,1-3H3,(H,16,18);4*3H2,1-2H3;1-2H3;1H/q+1;;;;;;. The summed E-state index contributed by atoms with van der Waals surface area (Å²) in [5, 5.41) is 2.92. The molecule has 0 aromatic heterocycles. The van der Waals surface area contributed by atoms with Crippen molar-refractivity contribution in [2.45, 2.75) is 160 Å². The Labute approximate surface area is 222 Å². The molecule has 0 aromatic rings. The van der Waals surface area contributed by atoms with Gasteiger partial charge in [-0.15, -0.1) is 4.52 Å². The molecule has 5 heteroatoms. The van der Waals surface area contributed by atoms with Crippen molar-refractivity contribution >= 4 is 8.18 Å². The Morgan fingerprint density at radius 1 is 0.647 bits per heavy atom. The zero-order valence-electron chi connectivity index (χ0n) is 26.5. The third-order valence-corrected chi connectivity index (χ3v) is 4.13. The summed E-state index contributed by atoms with van der Waals surface area (Å²) >= 11 is 0. The van der Waals surface area contributed by atoms with Crippen molar-refractivity contribution in [2.75, 3.05) is 33.8 Å². The fraction of sp³-hybridized carbons (Fsp3) is 1.00. The highest BCUT2D eigenvalue weighted by atomic mass is 31.1. The van der Waals surface area contributed by atoms with Gasteiger partial charge >= 0.3 is 8.18 Å². The van der Waals surface area contributed by atoms with Gasteiger partial charge in [-0.05, 0) is 38.0 Å². The van der Waals surface area contributed by atoms with Gasteiger partial charge in [-0.2, -0.15) is 0 Å². The Bertz CT molecular complexity index is 277. The summed E-state index contributed by atoms with van der Waals surface area (Å²) in [6.07, 6.45) is 16.2. The highest BCUT2D eigenvalue weighted by Gasteiger charge is 2.15. The molecule has 0 bridgehead atoms. The minimum Gasteiger partial charge on any atom is -0.309 e. The van der Waals surface area contributed by atoms with Crippen molar-refractivity contribution in [3.63, 3.8) is 0 Å². The molecule has 0 amide bonds. The summed E-state index contributed by atoms with van der Waals surface area (Å²) in [6, 6.07) is 0. The Morgan fingerprint density at radius 2 is 1.00 bits per heavy atom. The van der Waals surface area contributed by atoms with Gasteiger partial charge in [-0.3, -0.25) is 0 Å². The lowest BCUT2D eigenvalue weighted by molar-refractivity contribution is 0.308. The summed E-state index contributed by atoms with van der Waals surface area (Å²) < 4.78 is 16.8. The average Bonchev–Trinajstić information content (AvgIpc) is 2.79. The molecule has 0 radical (unpaired) electrons. The fourth-order valence-electron chi connectivity index (χ4n) is 1.99. The van der Waals surface area contributed by atoms with Crippen LogP contribution in [0.1, 0.15) is 161 Å². The molecule has 34 heavy (non-hydrogen) atoms. The molecule has 1 atom stereocenters. The van der Waals surface area contributed by atoms with Crippen LogP contribution in [0.2, 0.25) is 0 Å². The van der Waals surface area contributed by atoms with Crippen LogP contribution in [-0.2, 0) is 9.09 Å². The second-order valence-corrected chi connectivity index (χ2v) is 9.55. The largest absolute Gasteiger partial charge is 0.612 e.